The molecular formula is C11H12Cl2N2S. The van der Waals surface area contributed by atoms with Crippen LogP contribution < -0.4 is 4.90 Å². The van der Waals surface area contributed by atoms with E-state index in [1.807, 2.05) is 18.2 Å². The Morgan fingerprint density at radius 1 is 1.12 bits per heavy atom. The van der Waals surface area contributed by atoms with Gasteiger partial charge in [-0.1, -0.05) is 23.5 Å². The topological polar surface area (TPSA) is 16.1 Å². The lowest BCUT2D eigenvalue weighted by Gasteiger charge is -2.18. The number of benzene rings is 1. The summed E-state index contributed by atoms with van der Waals surface area (Å²) in [5.41, 5.74) is 1.04. The van der Waals surface area contributed by atoms with Gasteiger partial charge in [0.1, 0.15) is 0 Å². The van der Waals surface area contributed by atoms with Gasteiger partial charge in [0.2, 0.25) is 0 Å². The highest BCUT2D eigenvalue weighted by Gasteiger charge is 2.10. The van der Waals surface area contributed by atoms with Gasteiger partial charge >= 0.3 is 0 Å². The Kier molecular flexibility index (Phi) is 4.27. The number of fused-ring (bicyclic) bond motifs is 1. The maximum atomic E-state index is 5.77. The number of para-hydroxylation sites is 1. The van der Waals surface area contributed by atoms with Crippen LogP contribution >= 0.6 is 34.5 Å². The summed E-state index contributed by atoms with van der Waals surface area (Å²) in [6.07, 6.45) is 0. The van der Waals surface area contributed by atoms with Crippen LogP contribution in [0.3, 0.4) is 0 Å². The highest BCUT2D eigenvalue weighted by Crippen LogP contribution is 2.28. The molecule has 0 unspecified atom stereocenters. The van der Waals surface area contributed by atoms with Crippen molar-refractivity contribution >= 4 is 49.9 Å². The summed E-state index contributed by atoms with van der Waals surface area (Å²) in [7, 11) is 0. The molecule has 0 radical (unpaired) electrons. The molecule has 0 atom stereocenters. The normalized spacial score (nSPS) is 10.9. The van der Waals surface area contributed by atoms with Crippen molar-refractivity contribution < 1.29 is 0 Å². The third kappa shape index (κ3) is 2.59. The van der Waals surface area contributed by atoms with E-state index in [2.05, 4.69) is 16.0 Å². The molecule has 2 nitrogen and oxygen atoms in total. The Bertz CT molecular complexity index is 419. The monoisotopic (exact) mass is 274 g/mol. The summed E-state index contributed by atoms with van der Waals surface area (Å²) >= 11 is 13.2. The molecule has 0 N–H and O–H groups in total. The van der Waals surface area contributed by atoms with E-state index in [0.717, 1.165) is 23.7 Å². The van der Waals surface area contributed by atoms with Gasteiger partial charge in [-0.3, -0.25) is 0 Å². The number of hydrogen-bond donors (Lipinski definition) is 0. The molecule has 16 heavy (non-hydrogen) atoms. The predicted octanol–water partition coefficient (Wildman–Crippen LogP) is 3.58. The van der Waals surface area contributed by atoms with Crippen molar-refractivity contribution in [3.8, 4) is 0 Å². The van der Waals surface area contributed by atoms with Gasteiger partial charge in [-0.15, -0.1) is 23.2 Å². The van der Waals surface area contributed by atoms with Crippen LogP contribution in [-0.4, -0.2) is 29.8 Å². The number of halogens is 2. The van der Waals surface area contributed by atoms with Crippen LogP contribution in [0.15, 0.2) is 24.3 Å². The zero-order valence-electron chi connectivity index (χ0n) is 8.70. The number of nitrogens with zero attached hydrogens (tertiary/aromatic N) is 2. The Hall–Kier alpha value is -0.510. The lowest BCUT2D eigenvalue weighted by molar-refractivity contribution is 0.869. The van der Waals surface area contributed by atoms with Crippen molar-refractivity contribution in [1.29, 1.82) is 0 Å². The highest BCUT2D eigenvalue weighted by molar-refractivity contribution is 7.22. The van der Waals surface area contributed by atoms with Gasteiger partial charge in [0.15, 0.2) is 5.13 Å². The van der Waals surface area contributed by atoms with Crippen molar-refractivity contribution in [2.75, 3.05) is 29.7 Å². The van der Waals surface area contributed by atoms with Crippen LogP contribution in [0, 0.1) is 0 Å². The van der Waals surface area contributed by atoms with Crippen LogP contribution in [-0.2, 0) is 0 Å². The van der Waals surface area contributed by atoms with Crippen molar-refractivity contribution in [1.82, 2.24) is 4.98 Å². The summed E-state index contributed by atoms with van der Waals surface area (Å²) in [5, 5.41) is 1.00. The maximum Gasteiger partial charge on any atom is 0.186 e. The first-order chi connectivity index (χ1) is 7.85. The van der Waals surface area contributed by atoms with E-state index in [1.54, 1.807) is 11.3 Å². The molecule has 0 spiro atoms. The summed E-state index contributed by atoms with van der Waals surface area (Å²) in [5.74, 6) is 1.18. The van der Waals surface area contributed by atoms with Crippen LogP contribution in [0.25, 0.3) is 10.2 Å². The standard InChI is InChI=1S/C11H12Cl2N2S/c12-5-7-15(8-6-13)11-14-9-3-1-2-4-10(9)16-11/h1-4H,5-8H2. The van der Waals surface area contributed by atoms with Gasteiger partial charge in [-0.25, -0.2) is 4.98 Å². The fourth-order valence-corrected chi connectivity index (χ4v) is 2.93. The quantitative estimate of drug-likeness (QED) is 0.775. The molecule has 2 aromatic rings. The second kappa shape index (κ2) is 5.71. The van der Waals surface area contributed by atoms with Crippen molar-refractivity contribution in [3.05, 3.63) is 24.3 Å². The molecule has 5 heteroatoms. The number of rotatable bonds is 5. The molecule has 0 fully saturated rings. The number of thiazole rings is 1. The molecule has 0 aliphatic rings. The maximum absolute atomic E-state index is 5.77. The van der Waals surface area contributed by atoms with Gasteiger partial charge in [0, 0.05) is 24.8 Å². The molecule has 2 rings (SSSR count). The summed E-state index contributed by atoms with van der Waals surface area (Å²) in [6, 6.07) is 8.13. The van der Waals surface area contributed by atoms with E-state index in [1.165, 1.54) is 4.70 Å². The van der Waals surface area contributed by atoms with Crippen molar-refractivity contribution in [3.63, 3.8) is 0 Å². The van der Waals surface area contributed by atoms with E-state index >= 15 is 0 Å². The third-order valence-corrected chi connectivity index (χ3v) is 3.70. The van der Waals surface area contributed by atoms with E-state index in [0.29, 0.717) is 11.8 Å². The van der Waals surface area contributed by atoms with E-state index < -0.39 is 0 Å². The van der Waals surface area contributed by atoms with Crippen LogP contribution in [0.5, 0.6) is 0 Å². The van der Waals surface area contributed by atoms with E-state index in [4.69, 9.17) is 23.2 Å². The summed E-state index contributed by atoms with van der Waals surface area (Å²) in [4.78, 5) is 6.71. The van der Waals surface area contributed by atoms with Crippen LogP contribution in [0.2, 0.25) is 0 Å². The van der Waals surface area contributed by atoms with Crippen LogP contribution in [0.4, 0.5) is 5.13 Å². The average molecular weight is 275 g/mol. The summed E-state index contributed by atoms with van der Waals surface area (Å²) in [6.45, 7) is 1.57. The minimum absolute atomic E-state index is 0.590. The number of hydrogen-bond acceptors (Lipinski definition) is 3. The van der Waals surface area contributed by atoms with Gasteiger partial charge in [-0.2, -0.15) is 0 Å². The van der Waals surface area contributed by atoms with Crippen molar-refractivity contribution in [2.45, 2.75) is 0 Å². The Morgan fingerprint density at radius 3 is 2.44 bits per heavy atom. The molecule has 1 aromatic heterocycles. The number of alkyl halides is 2. The van der Waals surface area contributed by atoms with Crippen molar-refractivity contribution in [2.24, 2.45) is 0 Å². The molecule has 0 bridgehead atoms. The molecule has 0 saturated heterocycles. The molecule has 1 aromatic carbocycles. The number of anilines is 1. The van der Waals surface area contributed by atoms with E-state index in [9.17, 15) is 0 Å². The second-order valence-electron chi connectivity index (χ2n) is 3.33. The third-order valence-electron chi connectivity index (χ3n) is 2.26. The zero-order valence-corrected chi connectivity index (χ0v) is 11.0. The first kappa shape index (κ1) is 12.0. The molecule has 0 saturated carbocycles. The van der Waals surface area contributed by atoms with Gasteiger partial charge in [0.25, 0.3) is 0 Å². The second-order valence-corrected chi connectivity index (χ2v) is 5.09. The largest absolute Gasteiger partial charge is 0.346 e. The van der Waals surface area contributed by atoms with E-state index in [-0.39, 0.29) is 0 Å². The van der Waals surface area contributed by atoms with Gasteiger partial charge in [-0.05, 0) is 12.1 Å². The smallest absolute Gasteiger partial charge is 0.186 e. The average Bonchev–Trinajstić information content (AvgIpc) is 2.72. The SMILES string of the molecule is ClCCN(CCCl)c1nc2ccccc2s1. The summed E-state index contributed by atoms with van der Waals surface area (Å²) < 4.78 is 1.20. The minimum atomic E-state index is 0.590. The zero-order chi connectivity index (χ0) is 11.4. The Morgan fingerprint density at radius 2 is 1.81 bits per heavy atom. The first-order valence-electron chi connectivity index (χ1n) is 5.07. The lowest BCUT2D eigenvalue weighted by Crippen LogP contribution is -2.27. The predicted molar refractivity (Wildman–Crippen MR) is 73.3 cm³/mol. The molecule has 0 amide bonds. The lowest BCUT2D eigenvalue weighted by atomic mass is 10.3. The molecular weight excluding hydrogens is 263 g/mol. The molecule has 0 aliphatic heterocycles. The molecule has 86 valence electrons. The molecule has 1 heterocycles. The van der Waals surface area contributed by atoms with Crippen LogP contribution in [0.1, 0.15) is 0 Å². The number of aromatic nitrogens is 1. The van der Waals surface area contributed by atoms with Gasteiger partial charge < -0.3 is 4.90 Å². The Labute approximate surface area is 109 Å². The molecule has 0 aliphatic carbocycles. The fourth-order valence-electron chi connectivity index (χ4n) is 1.50. The first-order valence-corrected chi connectivity index (χ1v) is 6.96. The fraction of sp³-hybridized carbons (Fsp3) is 0.364. The van der Waals surface area contributed by atoms with Gasteiger partial charge in [0.05, 0.1) is 10.2 Å². The highest BCUT2D eigenvalue weighted by atomic mass is 35.5. The Balaban J connectivity index is 2.29. The minimum Gasteiger partial charge on any atom is -0.346 e.